The first-order chi connectivity index (χ1) is 10.0. The fourth-order valence-corrected chi connectivity index (χ4v) is 3.71. The second kappa shape index (κ2) is 7.91. The predicted molar refractivity (Wildman–Crippen MR) is 88.8 cm³/mol. The first-order valence-corrected chi connectivity index (χ1v) is 8.71. The Morgan fingerprint density at radius 1 is 1.24 bits per heavy atom. The van der Waals surface area contributed by atoms with Crippen molar-refractivity contribution < 1.29 is 4.74 Å². The average Bonchev–Trinajstić information content (AvgIpc) is 2.47. The van der Waals surface area contributed by atoms with E-state index in [-0.39, 0.29) is 0 Å². The Morgan fingerprint density at radius 2 is 1.86 bits per heavy atom. The minimum atomic E-state index is 0.403. The van der Waals surface area contributed by atoms with Gasteiger partial charge >= 0.3 is 0 Å². The lowest BCUT2D eigenvalue weighted by Gasteiger charge is -2.44. The number of hydrogen-bond acceptors (Lipinski definition) is 4. The molecule has 0 spiro atoms. The summed E-state index contributed by atoms with van der Waals surface area (Å²) < 4.78 is 5.62. The van der Waals surface area contributed by atoms with Crippen LogP contribution in [0, 0.1) is 5.41 Å². The largest absolute Gasteiger partial charge is 0.381 e. The van der Waals surface area contributed by atoms with Gasteiger partial charge in [-0.25, -0.2) is 0 Å². The fraction of sp³-hybridized carbons (Fsp3) is 1.00. The second-order valence-corrected chi connectivity index (χ2v) is 7.60. The number of piperidine rings is 1. The Kier molecular flexibility index (Phi) is 6.48. The minimum Gasteiger partial charge on any atom is -0.381 e. The maximum Gasteiger partial charge on any atom is 0.0472 e. The summed E-state index contributed by atoms with van der Waals surface area (Å²) in [5, 5.41) is 3.68. The highest BCUT2D eigenvalue weighted by atomic mass is 16.5. The van der Waals surface area contributed by atoms with Gasteiger partial charge in [0.15, 0.2) is 0 Å². The molecule has 2 rings (SSSR count). The van der Waals surface area contributed by atoms with Crippen LogP contribution < -0.4 is 5.32 Å². The van der Waals surface area contributed by atoms with Crippen LogP contribution in [0.4, 0.5) is 0 Å². The Bertz CT molecular complexity index is 294. The molecule has 0 unspecified atom stereocenters. The number of ether oxygens (including phenoxy) is 1. The van der Waals surface area contributed by atoms with E-state index >= 15 is 0 Å². The summed E-state index contributed by atoms with van der Waals surface area (Å²) in [6.07, 6.45) is 5.03. The van der Waals surface area contributed by atoms with Gasteiger partial charge in [-0.2, -0.15) is 0 Å². The molecule has 21 heavy (non-hydrogen) atoms. The van der Waals surface area contributed by atoms with Gasteiger partial charge < -0.3 is 19.9 Å². The number of likely N-dealkylation sites (tertiary alicyclic amines) is 1. The van der Waals surface area contributed by atoms with Crippen LogP contribution in [0.2, 0.25) is 0 Å². The van der Waals surface area contributed by atoms with Crippen molar-refractivity contribution in [3.63, 3.8) is 0 Å². The smallest absolute Gasteiger partial charge is 0.0472 e. The van der Waals surface area contributed by atoms with Gasteiger partial charge in [-0.15, -0.1) is 0 Å². The Labute approximate surface area is 131 Å². The molecule has 1 N–H and O–H groups in total. The van der Waals surface area contributed by atoms with Gasteiger partial charge in [0.2, 0.25) is 0 Å². The Hall–Kier alpha value is -0.160. The number of nitrogens with one attached hydrogen (secondary N) is 1. The molecule has 2 fully saturated rings. The Balaban J connectivity index is 1.90. The van der Waals surface area contributed by atoms with Crippen LogP contribution in [0.3, 0.4) is 0 Å². The van der Waals surface area contributed by atoms with Gasteiger partial charge in [0, 0.05) is 38.4 Å². The van der Waals surface area contributed by atoms with E-state index in [0.29, 0.717) is 11.5 Å². The molecular formula is C17H35N3O. The van der Waals surface area contributed by atoms with E-state index in [4.69, 9.17) is 4.74 Å². The van der Waals surface area contributed by atoms with Crippen molar-refractivity contribution in [2.45, 2.75) is 51.6 Å². The molecule has 0 aromatic carbocycles. The van der Waals surface area contributed by atoms with Crippen LogP contribution in [-0.4, -0.2) is 75.4 Å². The topological polar surface area (TPSA) is 27.7 Å². The molecule has 4 heteroatoms. The summed E-state index contributed by atoms with van der Waals surface area (Å²) in [7, 11) is 4.57. The van der Waals surface area contributed by atoms with Crippen LogP contribution in [0.5, 0.6) is 0 Å². The normalized spacial score (nSPS) is 24.9. The molecule has 2 aliphatic heterocycles. The molecule has 2 saturated heterocycles. The van der Waals surface area contributed by atoms with Crippen molar-refractivity contribution >= 4 is 0 Å². The highest BCUT2D eigenvalue weighted by molar-refractivity contribution is 4.89. The number of rotatable bonds is 6. The van der Waals surface area contributed by atoms with E-state index in [1.54, 1.807) is 0 Å². The summed E-state index contributed by atoms with van der Waals surface area (Å²) in [4.78, 5) is 5.09. The van der Waals surface area contributed by atoms with Crippen molar-refractivity contribution in [2.24, 2.45) is 5.41 Å². The van der Waals surface area contributed by atoms with Crippen molar-refractivity contribution in [3.05, 3.63) is 0 Å². The summed E-state index contributed by atoms with van der Waals surface area (Å²) in [6.45, 7) is 11.2. The van der Waals surface area contributed by atoms with Gasteiger partial charge in [-0.3, -0.25) is 0 Å². The van der Waals surface area contributed by atoms with Crippen molar-refractivity contribution in [3.8, 4) is 0 Å². The molecule has 0 aromatic heterocycles. The van der Waals surface area contributed by atoms with E-state index in [2.05, 4.69) is 43.1 Å². The molecule has 0 bridgehead atoms. The molecular weight excluding hydrogens is 262 g/mol. The van der Waals surface area contributed by atoms with Crippen LogP contribution >= 0.6 is 0 Å². The standard InChI is InChI=1S/C17H35N3O/c1-15(2)18-13-17(7-11-21-12-8-17)14-20(4)16-5-9-19(3)10-6-16/h15-16,18H,5-14H2,1-4H3. The maximum absolute atomic E-state index is 5.62. The summed E-state index contributed by atoms with van der Waals surface area (Å²) in [5.74, 6) is 0. The van der Waals surface area contributed by atoms with Gasteiger partial charge in [0.25, 0.3) is 0 Å². The predicted octanol–water partition coefficient (Wildman–Crippen LogP) is 1.81. The van der Waals surface area contributed by atoms with Gasteiger partial charge in [0.1, 0.15) is 0 Å². The van der Waals surface area contributed by atoms with Crippen molar-refractivity contribution in [1.29, 1.82) is 0 Å². The van der Waals surface area contributed by atoms with Gasteiger partial charge in [0.05, 0.1) is 0 Å². The third-order valence-electron chi connectivity index (χ3n) is 5.34. The minimum absolute atomic E-state index is 0.403. The molecule has 0 radical (unpaired) electrons. The number of nitrogens with zero attached hydrogens (tertiary/aromatic N) is 2. The van der Waals surface area contributed by atoms with E-state index in [1.807, 2.05) is 0 Å². The molecule has 0 saturated carbocycles. The molecule has 0 aromatic rings. The lowest BCUT2D eigenvalue weighted by molar-refractivity contribution is -0.0119. The third kappa shape index (κ3) is 5.20. The summed E-state index contributed by atoms with van der Waals surface area (Å²) >= 11 is 0. The first-order valence-electron chi connectivity index (χ1n) is 8.71. The van der Waals surface area contributed by atoms with Crippen LogP contribution in [0.25, 0.3) is 0 Å². The summed E-state index contributed by atoms with van der Waals surface area (Å²) in [5.41, 5.74) is 0.403. The first kappa shape index (κ1) is 17.2. The zero-order chi connectivity index (χ0) is 15.3. The molecule has 0 aliphatic carbocycles. The van der Waals surface area contributed by atoms with Crippen molar-refractivity contribution in [1.82, 2.24) is 15.1 Å². The summed E-state index contributed by atoms with van der Waals surface area (Å²) in [6, 6.07) is 1.33. The lowest BCUT2D eigenvalue weighted by Crippen LogP contribution is -2.51. The molecule has 124 valence electrons. The van der Waals surface area contributed by atoms with Crippen molar-refractivity contribution in [2.75, 3.05) is 53.5 Å². The van der Waals surface area contributed by atoms with Gasteiger partial charge in [-0.1, -0.05) is 13.8 Å². The monoisotopic (exact) mass is 297 g/mol. The number of hydrogen-bond donors (Lipinski definition) is 1. The van der Waals surface area contributed by atoms with E-state index in [0.717, 1.165) is 25.8 Å². The zero-order valence-electron chi connectivity index (χ0n) is 14.5. The zero-order valence-corrected chi connectivity index (χ0v) is 14.5. The second-order valence-electron chi connectivity index (χ2n) is 7.60. The van der Waals surface area contributed by atoms with Crippen LogP contribution in [0.15, 0.2) is 0 Å². The quantitative estimate of drug-likeness (QED) is 0.809. The van der Waals surface area contributed by atoms with E-state index in [9.17, 15) is 0 Å². The molecule has 0 atom stereocenters. The van der Waals surface area contributed by atoms with E-state index in [1.165, 1.54) is 45.3 Å². The highest BCUT2D eigenvalue weighted by Gasteiger charge is 2.35. The third-order valence-corrected chi connectivity index (χ3v) is 5.34. The fourth-order valence-electron chi connectivity index (χ4n) is 3.71. The highest BCUT2D eigenvalue weighted by Crippen LogP contribution is 2.32. The Morgan fingerprint density at radius 3 is 2.43 bits per heavy atom. The maximum atomic E-state index is 5.62. The molecule has 2 aliphatic rings. The van der Waals surface area contributed by atoms with E-state index < -0.39 is 0 Å². The SMILES string of the molecule is CC(C)NCC1(CN(C)C2CCN(C)CC2)CCOCC1. The molecule has 0 amide bonds. The molecule has 4 nitrogen and oxygen atoms in total. The van der Waals surface area contributed by atoms with Crippen LogP contribution in [0.1, 0.15) is 39.5 Å². The average molecular weight is 297 g/mol. The van der Waals surface area contributed by atoms with Gasteiger partial charge in [-0.05, 0) is 58.3 Å². The molecule has 2 heterocycles. The lowest BCUT2D eigenvalue weighted by atomic mass is 9.79. The van der Waals surface area contributed by atoms with Crippen LogP contribution in [-0.2, 0) is 4.74 Å².